The van der Waals surface area contributed by atoms with Gasteiger partial charge in [0.1, 0.15) is 0 Å². The molecule has 0 radical (unpaired) electrons. The highest BCUT2D eigenvalue weighted by Gasteiger charge is 2.23. The van der Waals surface area contributed by atoms with Gasteiger partial charge in [-0.1, -0.05) is 27.7 Å². The zero-order chi connectivity index (χ0) is 11.5. The summed E-state index contributed by atoms with van der Waals surface area (Å²) in [7, 11) is 0. The van der Waals surface area contributed by atoms with Gasteiger partial charge in [0.2, 0.25) is 0 Å². The second-order valence-corrected chi connectivity index (χ2v) is 6.18. The number of aliphatic hydroxyl groups excluding tert-OH is 1. The Morgan fingerprint density at radius 3 is 2.20 bits per heavy atom. The lowest BCUT2D eigenvalue weighted by Crippen LogP contribution is -2.39. The molecule has 0 aliphatic heterocycles. The maximum atomic E-state index is 9.41. The number of rotatable bonds is 3. The molecule has 0 aromatic rings. The summed E-state index contributed by atoms with van der Waals surface area (Å²) in [4.78, 5) is 0. The van der Waals surface area contributed by atoms with Crippen molar-refractivity contribution in [3.05, 3.63) is 0 Å². The van der Waals surface area contributed by atoms with Crippen LogP contribution < -0.4 is 5.32 Å². The summed E-state index contributed by atoms with van der Waals surface area (Å²) >= 11 is 0. The fraction of sp³-hybridized carbons (Fsp3) is 1.00. The third-order valence-electron chi connectivity index (χ3n) is 3.89. The second-order valence-electron chi connectivity index (χ2n) is 6.18. The number of hydrogen-bond acceptors (Lipinski definition) is 2. The molecule has 1 aliphatic rings. The summed E-state index contributed by atoms with van der Waals surface area (Å²) < 4.78 is 0. The van der Waals surface area contributed by atoms with Crippen molar-refractivity contribution in [2.75, 3.05) is 6.54 Å². The molecule has 1 unspecified atom stereocenters. The van der Waals surface area contributed by atoms with Gasteiger partial charge in [-0.2, -0.15) is 0 Å². The van der Waals surface area contributed by atoms with Crippen LogP contribution in [0.25, 0.3) is 0 Å². The SMILES string of the molecule is CC(CNC1CCC(O)CC1)C(C)(C)C. The first-order chi connectivity index (χ1) is 6.89. The molecule has 0 bridgehead atoms. The van der Waals surface area contributed by atoms with Gasteiger partial charge >= 0.3 is 0 Å². The number of hydrogen-bond donors (Lipinski definition) is 2. The lowest BCUT2D eigenvalue weighted by Gasteiger charge is -2.31. The molecule has 1 fully saturated rings. The van der Waals surface area contributed by atoms with E-state index < -0.39 is 0 Å². The standard InChI is InChI=1S/C13H27NO/c1-10(13(2,3)4)9-14-11-5-7-12(15)8-6-11/h10-12,14-15H,5-9H2,1-4H3. The molecule has 15 heavy (non-hydrogen) atoms. The summed E-state index contributed by atoms with van der Waals surface area (Å²) in [6.07, 6.45) is 4.18. The lowest BCUT2D eigenvalue weighted by atomic mass is 9.81. The third-order valence-corrected chi connectivity index (χ3v) is 3.89. The van der Waals surface area contributed by atoms with E-state index in [1.54, 1.807) is 0 Å². The minimum atomic E-state index is -0.0388. The molecule has 1 aliphatic carbocycles. The van der Waals surface area contributed by atoms with Crippen LogP contribution in [0.1, 0.15) is 53.4 Å². The van der Waals surface area contributed by atoms with Crippen LogP contribution in [0, 0.1) is 11.3 Å². The molecule has 0 spiro atoms. The summed E-state index contributed by atoms with van der Waals surface area (Å²) in [5, 5.41) is 13.0. The molecule has 1 saturated carbocycles. The van der Waals surface area contributed by atoms with Crippen molar-refractivity contribution in [3.63, 3.8) is 0 Å². The highest BCUT2D eigenvalue weighted by atomic mass is 16.3. The zero-order valence-corrected chi connectivity index (χ0v) is 10.7. The van der Waals surface area contributed by atoms with Crippen LogP contribution in [0.5, 0.6) is 0 Å². The average Bonchev–Trinajstić information content (AvgIpc) is 2.15. The average molecular weight is 213 g/mol. The van der Waals surface area contributed by atoms with Crippen LogP contribution in [0.15, 0.2) is 0 Å². The molecule has 90 valence electrons. The van der Waals surface area contributed by atoms with Gasteiger partial charge in [-0.05, 0) is 43.6 Å². The third kappa shape index (κ3) is 4.52. The quantitative estimate of drug-likeness (QED) is 0.755. The highest BCUT2D eigenvalue weighted by molar-refractivity contribution is 4.79. The molecule has 0 heterocycles. The van der Waals surface area contributed by atoms with E-state index in [4.69, 9.17) is 0 Å². The first-order valence-electron chi connectivity index (χ1n) is 6.31. The van der Waals surface area contributed by atoms with Crippen molar-refractivity contribution in [2.45, 2.75) is 65.5 Å². The van der Waals surface area contributed by atoms with Crippen molar-refractivity contribution in [1.82, 2.24) is 5.32 Å². The minimum absolute atomic E-state index is 0.0388. The smallest absolute Gasteiger partial charge is 0.0541 e. The summed E-state index contributed by atoms with van der Waals surface area (Å²) in [6.45, 7) is 10.3. The van der Waals surface area contributed by atoms with E-state index in [1.807, 2.05) is 0 Å². The predicted molar refractivity (Wildman–Crippen MR) is 64.9 cm³/mol. The maximum absolute atomic E-state index is 9.41. The molecule has 1 atom stereocenters. The molecular formula is C13H27NO. The van der Waals surface area contributed by atoms with Gasteiger partial charge in [0.25, 0.3) is 0 Å². The fourth-order valence-corrected chi connectivity index (χ4v) is 1.93. The Kier molecular flexibility index (Phi) is 4.60. The van der Waals surface area contributed by atoms with Crippen LogP contribution in [0.2, 0.25) is 0 Å². The molecule has 0 saturated heterocycles. The van der Waals surface area contributed by atoms with Gasteiger partial charge < -0.3 is 10.4 Å². The van der Waals surface area contributed by atoms with Crippen molar-refractivity contribution in [2.24, 2.45) is 11.3 Å². The molecule has 0 amide bonds. The Bertz CT molecular complexity index is 177. The number of aliphatic hydroxyl groups is 1. The molecule has 2 N–H and O–H groups in total. The Balaban J connectivity index is 2.20. The molecule has 0 aromatic carbocycles. The normalized spacial score (nSPS) is 30.2. The van der Waals surface area contributed by atoms with Crippen LogP contribution in [0.4, 0.5) is 0 Å². The van der Waals surface area contributed by atoms with Crippen LogP contribution in [-0.2, 0) is 0 Å². The minimum Gasteiger partial charge on any atom is -0.393 e. The van der Waals surface area contributed by atoms with Gasteiger partial charge in [0, 0.05) is 6.04 Å². The van der Waals surface area contributed by atoms with E-state index >= 15 is 0 Å². The first-order valence-corrected chi connectivity index (χ1v) is 6.31. The van der Waals surface area contributed by atoms with Crippen molar-refractivity contribution in [3.8, 4) is 0 Å². The van der Waals surface area contributed by atoms with Gasteiger partial charge in [-0.15, -0.1) is 0 Å². The monoisotopic (exact) mass is 213 g/mol. The summed E-state index contributed by atoms with van der Waals surface area (Å²) in [5.74, 6) is 0.698. The summed E-state index contributed by atoms with van der Waals surface area (Å²) in [6, 6.07) is 0.637. The Morgan fingerprint density at radius 2 is 1.73 bits per heavy atom. The molecule has 2 heteroatoms. The first kappa shape index (κ1) is 13.0. The van der Waals surface area contributed by atoms with Crippen LogP contribution >= 0.6 is 0 Å². The van der Waals surface area contributed by atoms with Crippen LogP contribution in [-0.4, -0.2) is 23.8 Å². The molecule has 1 rings (SSSR count). The molecule has 2 nitrogen and oxygen atoms in total. The van der Waals surface area contributed by atoms with Gasteiger partial charge in [0.05, 0.1) is 6.10 Å². The van der Waals surface area contributed by atoms with Crippen molar-refractivity contribution >= 4 is 0 Å². The van der Waals surface area contributed by atoms with Crippen molar-refractivity contribution in [1.29, 1.82) is 0 Å². The van der Waals surface area contributed by atoms with E-state index in [1.165, 1.54) is 0 Å². The Morgan fingerprint density at radius 1 is 1.20 bits per heavy atom. The van der Waals surface area contributed by atoms with E-state index in [0.717, 1.165) is 32.2 Å². The Labute approximate surface area is 94.5 Å². The largest absolute Gasteiger partial charge is 0.393 e. The fourth-order valence-electron chi connectivity index (χ4n) is 1.93. The zero-order valence-electron chi connectivity index (χ0n) is 10.7. The van der Waals surface area contributed by atoms with Gasteiger partial charge in [-0.25, -0.2) is 0 Å². The van der Waals surface area contributed by atoms with Gasteiger partial charge in [0.15, 0.2) is 0 Å². The summed E-state index contributed by atoms with van der Waals surface area (Å²) in [5.41, 5.74) is 0.390. The number of nitrogens with one attached hydrogen (secondary N) is 1. The van der Waals surface area contributed by atoms with E-state index in [9.17, 15) is 5.11 Å². The lowest BCUT2D eigenvalue weighted by molar-refractivity contribution is 0.113. The molecule has 0 aromatic heterocycles. The van der Waals surface area contributed by atoms with Crippen LogP contribution in [0.3, 0.4) is 0 Å². The second kappa shape index (κ2) is 5.31. The maximum Gasteiger partial charge on any atom is 0.0541 e. The topological polar surface area (TPSA) is 32.3 Å². The van der Waals surface area contributed by atoms with E-state index in [-0.39, 0.29) is 6.10 Å². The molecular weight excluding hydrogens is 186 g/mol. The van der Waals surface area contributed by atoms with E-state index in [2.05, 4.69) is 33.0 Å². The van der Waals surface area contributed by atoms with Gasteiger partial charge in [-0.3, -0.25) is 0 Å². The van der Waals surface area contributed by atoms with Crippen molar-refractivity contribution < 1.29 is 5.11 Å². The Hall–Kier alpha value is -0.0800. The highest BCUT2D eigenvalue weighted by Crippen LogP contribution is 2.25. The predicted octanol–water partition coefficient (Wildman–Crippen LogP) is 2.56. The van der Waals surface area contributed by atoms with E-state index in [0.29, 0.717) is 17.4 Å².